The van der Waals surface area contributed by atoms with Crippen LogP contribution in [0.1, 0.15) is 23.1 Å². The SMILES string of the molecule is CCOC(=O)c1c(Br)c(COc2ccc(N3CCNCC3)cc2)nn1C.Cl. The van der Waals surface area contributed by atoms with Gasteiger partial charge in [-0.05, 0) is 47.1 Å². The zero-order valence-corrected chi connectivity index (χ0v) is 17.8. The van der Waals surface area contributed by atoms with E-state index in [-0.39, 0.29) is 19.0 Å². The fourth-order valence-corrected chi connectivity index (χ4v) is 3.51. The van der Waals surface area contributed by atoms with Crippen molar-refractivity contribution in [3.8, 4) is 5.75 Å². The molecule has 2 heterocycles. The van der Waals surface area contributed by atoms with Gasteiger partial charge in [0.05, 0.1) is 11.1 Å². The summed E-state index contributed by atoms with van der Waals surface area (Å²) in [5.74, 6) is 0.361. The highest BCUT2D eigenvalue weighted by Gasteiger charge is 2.21. The molecule has 0 saturated carbocycles. The first-order chi connectivity index (χ1) is 12.6. The van der Waals surface area contributed by atoms with Gasteiger partial charge in [-0.25, -0.2) is 4.79 Å². The van der Waals surface area contributed by atoms with Crippen LogP contribution in [0.25, 0.3) is 0 Å². The van der Waals surface area contributed by atoms with Crippen molar-refractivity contribution in [1.82, 2.24) is 15.1 Å². The van der Waals surface area contributed by atoms with Gasteiger partial charge in [0.2, 0.25) is 0 Å². The van der Waals surface area contributed by atoms with E-state index in [9.17, 15) is 4.79 Å². The molecule has 3 rings (SSSR count). The third-order valence-electron chi connectivity index (χ3n) is 4.22. The number of hydrogen-bond acceptors (Lipinski definition) is 6. The molecule has 0 bridgehead atoms. The maximum absolute atomic E-state index is 12.0. The molecular formula is C18H24BrClN4O3. The van der Waals surface area contributed by atoms with Crippen LogP contribution in [-0.2, 0) is 18.4 Å². The maximum atomic E-state index is 12.0. The fourth-order valence-electron chi connectivity index (χ4n) is 2.90. The minimum atomic E-state index is -0.402. The van der Waals surface area contributed by atoms with Crippen LogP contribution in [0.15, 0.2) is 28.7 Å². The zero-order valence-electron chi connectivity index (χ0n) is 15.4. The van der Waals surface area contributed by atoms with Crippen LogP contribution in [0.4, 0.5) is 5.69 Å². The average Bonchev–Trinajstić information content (AvgIpc) is 2.95. The minimum absolute atomic E-state index is 0. The van der Waals surface area contributed by atoms with Crippen LogP contribution >= 0.6 is 28.3 Å². The minimum Gasteiger partial charge on any atom is -0.487 e. The van der Waals surface area contributed by atoms with Gasteiger partial charge in [-0.3, -0.25) is 4.68 Å². The second-order valence-corrected chi connectivity index (χ2v) is 6.77. The second-order valence-electron chi connectivity index (χ2n) is 5.97. The second kappa shape index (κ2) is 9.96. The molecule has 7 nitrogen and oxygen atoms in total. The molecule has 27 heavy (non-hydrogen) atoms. The number of halogens is 2. The van der Waals surface area contributed by atoms with E-state index in [1.807, 2.05) is 12.1 Å². The number of anilines is 1. The summed E-state index contributed by atoms with van der Waals surface area (Å²) in [6.45, 7) is 6.40. The normalized spacial score (nSPS) is 13.8. The summed E-state index contributed by atoms with van der Waals surface area (Å²) in [6.07, 6.45) is 0. The highest BCUT2D eigenvalue weighted by molar-refractivity contribution is 9.10. The summed E-state index contributed by atoms with van der Waals surface area (Å²) in [7, 11) is 1.71. The number of carbonyl (C=O) groups is 1. The number of aryl methyl sites for hydroxylation is 1. The molecule has 1 fully saturated rings. The number of esters is 1. The molecule has 0 spiro atoms. The molecule has 1 N–H and O–H groups in total. The topological polar surface area (TPSA) is 68.6 Å². The number of nitrogens with zero attached hydrogens (tertiary/aromatic N) is 3. The third kappa shape index (κ3) is 5.15. The highest BCUT2D eigenvalue weighted by Crippen LogP contribution is 2.25. The van der Waals surface area contributed by atoms with Crippen LogP contribution in [0, 0.1) is 0 Å². The van der Waals surface area contributed by atoms with Crippen molar-refractivity contribution in [3.05, 3.63) is 40.1 Å². The first-order valence-electron chi connectivity index (χ1n) is 8.67. The summed E-state index contributed by atoms with van der Waals surface area (Å²) in [5, 5.41) is 7.70. The molecule has 0 unspecified atom stereocenters. The zero-order chi connectivity index (χ0) is 18.5. The molecule has 148 valence electrons. The van der Waals surface area contributed by atoms with E-state index in [1.165, 1.54) is 10.4 Å². The van der Waals surface area contributed by atoms with Gasteiger partial charge in [0.1, 0.15) is 18.1 Å². The van der Waals surface area contributed by atoms with Gasteiger partial charge in [-0.15, -0.1) is 12.4 Å². The van der Waals surface area contributed by atoms with Crippen LogP contribution in [0.5, 0.6) is 5.75 Å². The van der Waals surface area contributed by atoms with Crippen molar-refractivity contribution in [2.24, 2.45) is 7.05 Å². The Morgan fingerprint density at radius 2 is 1.93 bits per heavy atom. The van der Waals surface area contributed by atoms with Gasteiger partial charge in [0.25, 0.3) is 0 Å². The molecule has 0 aliphatic carbocycles. The molecular weight excluding hydrogens is 436 g/mol. The number of aromatic nitrogens is 2. The van der Waals surface area contributed by atoms with Crippen molar-refractivity contribution in [1.29, 1.82) is 0 Å². The van der Waals surface area contributed by atoms with Gasteiger partial charge < -0.3 is 19.7 Å². The van der Waals surface area contributed by atoms with E-state index in [0.717, 1.165) is 31.9 Å². The number of piperazine rings is 1. The largest absolute Gasteiger partial charge is 0.487 e. The van der Waals surface area contributed by atoms with Gasteiger partial charge in [-0.2, -0.15) is 5.10 Å². The maximum Gasteiger partial charge on any atom is 0.357 e. The monoisotopic (exact) mass is 458 g/mol. The van der Waals surface area contributed by atoms with Gasteiger partial charge >= 0.3 is 5.97 Å². The molecule has 1 aromatic carbocycles. The lowest BCUT2D eigenvalue weighted by atomic mass is 10.2. The van der Waals surface area contributed by atoms with Crippen molar-refractivity contribution in [2.75, 3.05) is 37.7 Å². The Labute approximate surface area is 173 Å². The van der Waals surface area contributed by atoms with Crippen molar-refractivity contribution in [2.45, 2.75) is 13.5 Å². The Morgan fingerprint density at radius 1 is 1.26 bits per heavy atom. The highest BCUT2D eigenvalue weighted by atomic mass is 79.9. The van der Waals surface area contributed by atoms with Gasteiger partial charge in [0, 0.05) is 38.9 Å². The van der Waals surface area contributed by atoms with E-state index in [2.05, 4.69) is 43.4 Å². The lowest BCUT2D eigenvalue weighted by Crippen LogP contribution is -2.43. The summed E-state index contributed by atoms with van der Waals surface area (Å²) >= 11 is 3.43. The third-order valence-corrected chi connectivity index (χ3v) is 5.05. The summed E-state index contributed by atoms with van der Waals surface area (Å²) in [6, 6.07) is 8.05. The molecule has 1 aliphatic rings. The van der Waals surface area contributed by atoms with Crippen molar-refractivity contribution in [3.63, 3.8) is 0 Å². The van der Waals surface area contributed by atoms with Gasteiger partial charge in [-0.1, -0.05) is 0 Å². The Morgan fingerprint density at radius 3 is 2.56 bits per heavy atom. The number of nitrogens with one attached hydrogen (secondary N) is 1. The smallest absolute Gasteiger partial charge is 0.357 e. The molecule has 0 amide bonds. The van der Waals surface area contributed by atoms with E-state index in [1.54, 1.807) is 14.0 Å². The molecule has 1 aliphatic heterocycles. The van der Waals surface area contributed by atoms with Crippen LogP contribution < -0.4 is 15.0 Å². The van der Waals surface area contributed by atoms with E-state index in [0.29, 0.717) is 22.5 Å². The quantitative estimate of drug-likeness (QED) is 0.670. The van der Waals surface area contributed by atoms with Crippen LogP contribution in [0.3, 0.4) is 0 Å². The summed E-state index contributed by atoms with van der Waals surface area (Å²) < 4.78 is 13.0. The van der Waals surface area contributed by atoms with Crippen LogP contribution in [0.2, 0.25) is 0 Å². The number of benzene rings is 1. The Hall–Kier alpha value is -1.77. The first kappa shape index (κ1) is 21.5. The molecule has 1 aromatic heterocycles. The average molecular weight is 460 g/mol. The van der Waals surface area contributed by atoms with E-state index in [4.69, 9.17) is 9.47 Å². The number of rotatable bonds is 6. The first-order valence-corrected chi connectivity index (χ1v) is 9.46. The Bertz CT molecular complexity index is 761. The molecule has 2 aromatic rings. The predicted molar refractivity (Wildman–Crippen MR) is 110 cm³/mol. The summed E-state index contributed by atoms with van der Waals surface area (Å²) in [4.78, 5) is 14.3. The molecule has 1 saturated heterocycles. The number of ether oxygens (including phenoxy) is 2. The molecule has 0 atom stereocenters. The van der Waals surface area contributed by atoms with E-state index < -0.39 is 5.97 Å². The van der Waals surface area contributed by atoms with Crippen molar-refractivity contribution < 1.29 is 14.3 Å². The number of carbonyl (C=O) groups excluding carboxylic acids is 1. The van der Waals surface area contributed by atoms with Crippen molar-refractivity contribution >= 4 is 40.0 Å². The lowest BCUT2D eigenvalue weighted by molar-refractivity contribution is 0.0512. The predicted octanol–water partition coefficient (Wildman–Crippen LogP) is 2.77. The fraction of sp³-hybridized carbons (Fsp3) is 0.444. The summed E-state index contributed by atoms with van der Waals surface area (Å²) in [5.41, 5.74) is 2.24. The van der Waals surface area contributed by atoms with Gasteiger partial charge in [0.15, 0.2) is 5.69 Å². The number of hydrogen-bond donors (Lipinski definition) is 1. The molecule has 9 heteroatoms. The Kier molecular flexibility index (Phi) is 7.94. The van der Waals surface area contributed by atoms with E-state index >= 15 is 0 Å². The Balaban J connectivity index is 0.00000261. The molecule has 0 radical (unpaired) electrons. The standard InChI is InChI=1S/C18H23BrN4O3.ClH/c1-3-25-18(24)17-16(19)15(21-22(17)2)12-26-14-6-4-13(5-7-14)23-10-8-20-9-11-23;/h4-7,20H,3,8-12H2,1-2H3;1H. The lowest BCUT2D eigenvalue weighted by Gasteiger charge is -2.29. The van der Waals surface area contributed by atoms with Crippen LogP contribution in [-0.4, -0.2) is 48.5 Å².